The largest absolute Gasteiger partial charge is 0.313 e. The van der Waals surface area contributed by atoms with Crippen LogP contribution in [0, 0.1) is 5.92 Å². The normalized spacial score (nSPS) is 13.3. The van der Waals surface area contributed by atoms with Gasteiger partial charge >= 0.3 is 0 Å². The average molecular weight is 251 g/mol. The first-order valence-corrected chi connectivity index (χ1v) is 7.34. The summed E-state index contributed by atoms with van der Waals surface area (Å²) in [7, 11) is 2.05. The maximum atomic E-state index is 4.83. The van der Waals surface area contributed by atoms with Crippen molar-refractivity contribution in [3.63, 3.8) is 0 Å². The first kappa shape index (κ1) is 15.2. The van der Waals surface area contributed by atoms with Gasteiger partial charge in [0.05, 0.1) is 5.69 Å². The lowest BCUT2D eigenvalue weighted by Crippen LogP contribution is -2.18. The second-order valence-corrected chi connectivity index (χ2v) is 5.34. The Bertz CT molecular complexity index is 362. The number of hydrogen-bond acceptors (Lipinski definition) is 2. The van der Waals surface area contributed by atoms with Gasteiger partial charge in [0.1, 0.15) is 0 Å². The number of aromatic nitrogens is 2. The third-order valence-corrected chi connectivity index (χ3v) is 3.49. The van der Waals surface area contributed by atoms with Crippen LogP contribution in [0.2, 0.25) is 0 Å². The molecular formula is C15H29N3. The van der Waals surface area contributed by atoms with Gasteiger partial charge in [0, 0.05) is 23.8 Å². The van der Waals surface area contributed by atoms with Crippen molar-refractivity contribution in [3.8, 4) is 0 Å². The Balaban J connectivity index is 3.24. The van der Waals surface area contributed by atoms with Gasteiger partial charge in [-0.15, -0.1) is 0 Å². The van der Waals surface area contributed by atoms with Crippen LogP contribution in [-0.2, 0) is 19.4 Å². The Hall–Kier alpha value is -0.830. The highest BCUT2D eigenvalue weighted by molar-refractivity contribution is 5.30. The summed E-state index contributed by atoms with van der Waals surface area (Å²) in [4.78, 5) is 0. The summed E-state index contributed by atoms with van der Waals surface area (Å²) in [5.41, 5.74) is 4.14. The molecule has 1 N–H and O–H groups in total. The van der Waals surface area contributed by atoms with Gasteiger partial charge in [0.2, 0.25) is 0 Å². The predicted molar refractivity (Wildman–Crippen MR) is 77.9 cm³/mol. The van der Waals surface area contributed by atoms with E-state index in [1.54, 1.807) is 0 Å². The van der Waals surface area contributed by atoms with Gasteiger partial charge < -0.3 is 5.32 Å². The Morgan fingerprint density at radius 2 is 1.83 bits per heavy atom. The predicted octanol–water partition coefficient (Wildman–Crippen LogP) is 3.33. The van der Waals surface area contributed by atoms with Crippen molar-refractivity contribution < 1.29 is 0 Å². The van der Waals surface area contributed by atoms with E-state index in [2.05, 4.69) is 44.6 Å². The van der Waals surface area contributed by atoms with Gasteiger partial charge in [-0.1, -0.05) is 34.6 Å². The Kier molecular flexibility index (Phi) is 5.86. The van der Waals surface area contributed by atoms with Crippen molar-refractivity contribution in [2.75, 3.05) is 7.05 Å². The average Bonchev–Trinajstić information content (AvgIpc) is 2.68. The summed E-state index contributed by atoms with van der Waals surface area (Å²) in [6.07, 6.45) is 3.20. The van der Waals surface area contributed by atoms with Gasteiger partial charge in [-0.05, 0) is 32.2 Å². The SMILES string of the molecule is CCc1nn(CC(C)C)c(CC)c1C(CC)NC. The molecule has 0 aromatic carbocycles. The van der Waals surface area contributed by atoms with Crippen molar-refractivity contribution in [1.29, 1.82) is 0 Å². The molecule has 3 nitrogen and oxygen atoms in total. The molecule has 1 aromatic rings. The first-order valence-electron chi connectivity index (χ1n) is 7.34. The molecule has 18 heavy (non-hydrogen) atoms. The molecule has 0 bridgehead atoms. The molecule has 0 aliphatic rings. The summed E-state index contributed by atoms with van der Waals surface area (Å²) >= 11 is 0. The van der Waals surface area contributed by atoms with Crippen LogP contribution >= 0.6 is 0 Å². The standard InChI is InChI=1S/C15H29N3/c1-7-12(16-6)15-13(8-2)17-18(10-11(4)5)14(15)9-3/h11-12,16H,7-10H2,1-6H3. The molecule has 0 aliphatic heterocycles. The van der Waals surface area contributed by atoms with E-state index in [0.29, 0.717) is 12.0 Å². The van der Waals surface area contributed by atoms with Crippen molar-refractivity contribution in [2.24, 2.45) is 5.92 Å². The van der Waals surface area contributed by atoms with E-state index in [4.69, 9.17) is 5.10 Å². The van der Waals surface area contributed by atoms with Gasteiger partial charge in [-0.3, -0.25) is 4.68 Å². The van der Waals surface area contributed by atoms with Gasteiger partial charge in [-0.25, -0.2) is 0 Å². The molecule has 3 heteroatoms. The second-order valence-electron chi connectivity index (χ2n) is 5.34. The monoisotopic (exact) mass is 251 g/mol. The summed E-state index contributed by atoms with van der Waals surface area (Å²) < 4.78 is 2.23. The maximum Gasteiger partial charge on any atom is 0.0672 e. The van der Waals surface area contributed by atoms with E-state index in [1.807, 2.05) is 7.05 Å². The minimum Gasteiger partial charge on any atom is -0.313 e. The number of rotatable bonds is 7. The Morgan fingerprint density at radius 1 is 1.17 bits per heavy atom. The highest BCUT2D eigenvalue weighted by atomic mass is 15.3. The fourth-order valence-electron chi connectivity index (χ4n) is 2.65. The summed E-state index contributed by atoms with van der Waals surface area (Å²) in [6.45, 7) is 12.2. The molecule has 0 radical (unpaired) electrons. The lowest BCUT2D eigenvalue weighted by Gasteiger charge is -2.17. The van der Waals surface area contributed by atoms with Crippen LogP contribution in [0.3, 0.4) is 0 Å². The molecule has 0 spiro atoms. The van der Waals surface area contributed by atoms with Crippen LogP contribution < -0.4 is 5.32 Å². The zero-order chi connectivity index (χ0) is 13.7. The lowest BCUT2D eigenvalue weighted by molar-refractivity contribution is 0.465. The van der Waals surface area contributed by atoms with Crippen LogP contribution in [0.15, 0.2) is 0 Å². The molecule has 1 atom stereocenters. The van der Waals surface area contributed by atoms with Gasteiger partial charge in [-0.2, -0.15) is 5.10 Å². The number of nitrogens with zero attached hydrogens (tertiary/aromatic N) is 2. The third kappa shape index (κ3) is 3.14. The molecule has 1 unspecified atom stereocenters. The minimum absolute atomic E-state index is 0.441. The zero-order valence-electron chi connectivity index (χ0n) is 12.9. The number of aryl methyl sites for hydroxylation is 1. The van der Waals surface area contributed by atoms with Gasteiger partial charge in [0.25, 0.3) is 0 Å². The van der Waals surface area contributed by atoms with Crippen LogP contribution in [0.25, 0.3) is 0 Å². The molecule has 0 amide bonds. The maximum absolute atomic E-state index is 4.83. The van der Waals surface area contributed by atoms with Crippen LogP contribution in [0.1, 0.15) is 64.0 Å². The van der Waals surface area contributed by atoms with Gasteiger partial charge in [0.15, 0.2) is 0 Å². The van der Waals surface area contributed by atoms with Crippen molar-refractivity contribution >= 4 is 0 Å². The summed E-state index contributed by atoms with van der Waals surface area (Å²) in [5, 5.41) is 8.26. The Morgan fingerprint density at radius 3 is 2.22 bits per heavy atom. The highest BCUT2D eigenvalue weighted by Gasteiger charge is 2.21. The lowest BCUT2D eigenvalue weighted by atomic mass is 9.99. The van der Waals surface area contributed by atoms with E-state index in [-0.39, 0.29) is 0 Å². The van der Waals surface area contributed by atoms with E-state index >= 15 is 0 Å². The molecule has 0 saturated heterocycles. The van der Waals surface area contributed by atoms with Crippen molar-refractivity contribution in [2.45, 2.75) is 66.5 Å². The summed E-state index contributed by atoms with van der Waals surface area (Å²) in [5.74, 6) is 0.641. The topological polar surface area (TPSA) is 29.9 Å². The first-order chi connectivity index (χ1) is 8.58. The molecular weight excluding hydrogens is 222 g/mol. The molecule has 0 saturated carbocycles. The van der Waals surface area contributed by atoms with Crippen molar-refractivity contribution in [3.05, 3.63) is 17.0 Å². The molecule has 1 heterocycles. The van der Waals surface area contributed by atoms with Crippen LogP contribution in [0.5, 0.6) is 0 Å². The quantitative estimate of drug-likeness (QED) is 0.805. The molecule has 0 aliphatic carbocycles. The van der Waals surface area contributed by atoms with Crippen molar-refractivity contribution in [1.82, 2.24) is 15.1 Å². The molecule has 104 valence electrons. The van der Waals surface area contributed by atoms with Crippen LogP contribution in [-0.4, -0.2) is 16.8 Å². The van der Waals surface area contributed by atoms with E-state index in [1.165, 1.54) is 17.0 Å². The highest BCUT2D eigenvalue weighted by Crippen LogP contribution is 2.26. The fourth-order valence-corrected chi connectivity index (χ4v) is 2.65. The molecule has 1 rings (SSSR count). The second kappa shape index (κ2) is 6.93. The molecule has 1 aromatic heterocycles. The Labute approximate surface area is 112 Å². The van der Waals surface area contributed by atoms with E-state index < -0.39 is 0 Å². The zero-order valence-corrected chi connectivity index (χ0v) is 12.9. The minimum atomic E-state index is 0.441. The van der Waals surface area contributed by atoms with E-state index in [0.717, 1.165) is 25.8 Å². The molecule has 0 fully saturated rings. The van der Waals surface area contributed by atoms with Crippen LogP contribution in [0.4, 0.5) is 0 Å². The number of hydrogen-bond donors (Lipinski definition) is 1. The summed E-state index contributed by atoms with van der Waals surface area (Å²) in [6, 6.07) is 0.441. The number of nitrogens with one attached hydrogen (secondary N) is 1. The fraction of sp³-hybridized carbons (Fsp3) is 0.800. The van der Waals surface area contributed by atoms with E-state index in [9.17, 15) is 0 Å². The smallest absolute Gasteiger partial charge is 0.0672 e. The third-order valence-electron chi connectivity index (χ3n) is 3.49.